The maximum atomic E-state index is 11.5. The number of amides is 1. The first-order valence-electron chi connectivity index (χ1n) is 7.46. The van der Waals surface area contributed by atoms with Crippen molar-refractivity contribution in [2.24, 2.45) is 0 Å². The highest BCUT2D eigenvalue weighted by Gasteiger charge is 2.15. The van der Waals surface area contributed by atoms with E-state index < -0.39 is 17.7 Å². The Hall–Kier alpha value is -2.05. The van der Waals surface area contributed by atoms with Crippen molar-refractivity contribution in [3.8, 4) is 0 Å². The fourth-order valence-corrected chi connectivity index (χ4v) is 1.92. The van der Waals surface area contributed by atoms with Gasteiger partial charge in [-0.25, -0.2) is 9.78 Å². The van der Waals surface area contributed by atoms with Gasteiger partial charge in [-0.2, -0.15) is 0 Å². The highest BCUT2D eigenvalue weighted by Crippen LogP contribution is 2.07. The molecule has 2 N–H and O–H groups in total. The first-order valence-corrected chi connectivity index (χ1v) is 7.46. The van der Waals surface area contributed by atoms with E-state index in [2.05, 4.69) is 10.3 Å². The second-order valence-electron chi connectivity index (χ2n) is 6.07. The first-order chi connectivity index (χ1) is 10.3. The molecule has 0 aliphatic carbocycles. The van der Waals surface area contributed by atoms with Crippen LogP contribution in [0.3, 0.4) is 0 Å². The molecule has 0 aromatic carbocycles. The average molecular weight is 311 g/mol. The van der Waals surface area contributed by atoms with Crippen LogP contribution in [0, 0.1) is 0 Å². The summed E-state index contributed by atoms with van der Waals surface area (Å²) in [5.74, 6) is 0.0817. The summed E-state index contributed by atoms with van der Waals surface area (Å²) >= 11 is 0. The molecule has 0 fully saturated rings. The van der Waals surface area contributed by atoms with Gasteiger partial charge in [0.05, 0.1) is 0 Å². The van der Waals surface area contributed by atoms with Crippen molar-refractivity contribution < 1.29 is 19.4 Å². The third-order valence-electron chi connectivity index (χ3n) is 2.84. The minimum atomic E-state index is -0.792. The van der Waals surface area contributed by atoms with E-state index in [0.29, 0.717) is 19.4 Å². The number of rotatable bonds is 8. The standard InChI is InChI=1S/C15H25N3O4/c1-15(2,3)22-14(21)17-8-5-10-18-11-9-16-12(18)6-4-7-13(19)20/h9,11H,4-8,10H2,1-3H3,(H,17,21)(H,19,20). The molecule has 0 unspecified atom stereocenters. The van der Waals surface area contributed by atoms with Crippen molar-refractivity contribution in [2.45, 2.75) is 58.6 Å². The number of carbonyl (C=O) groups excluding carboxylic acids is 1. The molecule has 124 valence electrons. The predicted octanol–water partition coefficient (Wildman–Crippen LogP) is 2.21. The molecule has 0 atom stereocenters. The van der Waals surface area contributed by atoms with E-state index in [1.807, 2.05) is 31.5 Å². The Morgan fingerprint density at radius 1 is 1.36 bits per heavy atom. The summed E-state index contributed by atoms with van der Waals surface area (Å²) in [6.45, 7) is 6.70. The monoisotopic (exact) mass is 311 g/mol. The minimum Gasteiger partial charge on any atom is -0.481 e. The maximum absolute atomic E-state index is 11.5. The van der Waals surface area contributed by atoms with Gasteiger partial charge in [-0.1, -0.05) is 0 Å². The van der Waals surface area contributed by atoms with E-state index in [1.54, 1.807) is 6.20 Å². The molecule has 0 radical (unpaired) electrons. The van der Waals surface area contributed by atoms with Gasteiger partial charge < -0.3 is 19.7 Å². The molecule has 0 saturated heterocycles. The lowest BCUT2D eigenvalue weighted by molar-refractivity contribution is -0.137. The summed E-state index contributed by atoms with van der Waals surface area (Å²) in [7, 11) is 0. The lowest BCUT2D eigenvalue weighted by Crippen LogP contribution is -2.33. The van der Waals surface area contributed by atoms with Crippen molar-refractivity contribution in [1.82, 2.24) is 14.9 Å². The Morgan fingerprint density at radius 2 is 2.09 bits per heavy atom. The van der Waals surface area contributed by atoms with Crippen LogP contribution in [-0.2, 0) is 22.5 Å². The van der Waals surface area contributed by atoms with E-state index in [1.165, 1.54) is 0 Å². The van der Waals surface area contributed by atoms with E-state index in [-0.39, 0.29) is 6.42 Å². The highest BCUT2D eigenvalue weighted by atomic mass is 16.6. The zero-order valence-corrected chi connectivity index (χ0v) is 13.5. The quantitative estimate of drug-likeness (QED) is 0.718. The number of nitrogens with zero attached hydrogens (tertiary/aromatic N) is 2. The molecular formula is C15H25N3O4. The Morgan fingerprint density at radius 3 is 2.73 bits per heavy atom. The van der Waals surface area contributed by atoms with Gasteiger partial charge in [-0.15, -0.1) is 0 Å². The fraction of sp³-hybridized carbons (Fsp3) is 0.667. The summed E-state index contributed by atoms with van der Waals surface area (Å²) < 4.78 is 7.13. The Labute approximate surface area is 130 Å². The number of hydrogen-bond donors (Lipinski definition) is 2. The minimum absolute atomic E-state index is 0.146. The van der Waals surface area contributed by atoms with Crippen LogP contribution in [0.5, 0.6) is 0 Å². The third kappa shape index (κ3) is 7.66. The number of aromatic nitrogens is 2. The molecule has 0 aliphatic heterocycles. The molecule has 0 aliphatic rings. The predicted molar refractivity (Wildman–Crippen MR) is 81.7 cm³/mol. The summed E-state index contributed by atoms with van der Waals surface area (Å²) in [6, 6.07) is 0. The number of alkyl carbamates (subject to hydrolysis) is 1. The van der Waals surface area contributed by atoms with Crippen molar-refractivity contribution in [3.05, 3.63) is 18.2 Å². The Kier molecular flexibility index (Phi) is 6.88. The highest BCUT2D eigenvalue weighted by molar-refractivity contribution is 5.67. The van der Waals surface area contributed by atoms with Crippen molar-refractivity contribution in [1.29, 1.82) is 0 Å². The number of aryl methyl sites for hydroxylation is 2. The van der Waals surface area contributed by atoms with E-state index in [4.69, 9.17) is 9.84 Å². The number of nitrogens with one attached hydrogen (secondary N) is 1. The van der Waals surface area contributed by atoms with Crippen molar-refractivity contribution in [3.63, 3.8) is 0 Å². The summed E-state index contributed by atoms with van der Waals surface area (Å²) in [5.41, 5.74) is -0.494. The van der Waals surface area contributed by atoms with E-state index in [0.717, 1.165) is 18.8 Å². The van der Waals surface area contributed by atoms with Crippen LogP contribution in [-0.4, -0.2) is 38.9 Å². The summed E-state index contributed by atoms with van der Waals surface area (Å²) in [6.07, 6.45) is 5.26. The number of carboxylic acid groups (broad SMARTS) is 1. The van der Waals surface area contributed by atoms with Crippen molar-refractivity contribution >= 4 is 12.1 Å². The summed E-state index contributed by atoms with van der Waals surface area (Å²) in [4.78, 5) is 26.2. The topological polar surface area (TPSA) is 93.5 Å². The van der Waals surface area contributed by atoms with Crippen LogP contribution in [0.1, 0.15) is 45.9 Å². The van der Waals surface area contributed by atoms with Crippen LogP contribution in [0.15, 0.2) is 12.4 Å². The van der Waals surface area contributed by atoms with Gasteiger partial charge in [-0.05, 0) is 33.6 Å². The van der Waals surface area contributed by atoms with E-state index >= 15 is 0 Å². The number of ether oxygens (including phenoxy) is 1. The zero-order valence-electron chi connectivity index (χ0n) is 13.5. The molecule has 0 spiro atoms. The zero-order chi connectivity index (χ0) is 16.6. The second kappa shape index (κ2) is 8.41. The lowest BCUT2D eigenvalue weighted by atomic mass is 10.2. The van der Waals surface area contributed by atoms with E-state index in [9.17, 15) is 9.59 Å². The molecular weight excluding hydrogens is 286 g/mol. The van der Waals surface area contributed by atoms with Gasteiger partial charge in [0.25, 0.3) is 0 Å². The molecule has 7 nitrogen and oxygen atoms in total. The van der Waals surface area contributed by atoms with Gasteiger partial charge in [0.2, 0.25) is 0 Å². The molecule has 1 rings (SSSR count). The molecule has 0 bridgehead atoms. The average Bonchev–Trinajstić information content (AvgIpc) is 2.80. The third-order valence-corrected chi connectivity index (χ3v) is 2.84. The van der Waals surface area contributed by atoms with Gasteiger partial charge in [-0.3, -0.25) is 4.79 Å². The first kappa shape index (κ1) is 18.0. The second-order valence-corrected chi connectivity index (χ2v) is 6.07. The van der Waals surface area contributed by atoms with Crippen LogP contribution >= 0.6 is 0 Å². The number of aliphatic carboxylic acids is 1. The van der Waals surface area contributed by atoms with Crippen LogP contribution < -0.4 is 5.32 Å². The largest absolute Gasteiger partial charge is 0.481 e. The molecule has 1 heterocycles. The van der Waals surface area contributed by atoms with Crippen LogP contribution in [0.2, 0.25) is 0 Å². The normalized spacial score (nSPS) is 11.2. The van der Waals surface area contributed by atoms with Gasteiger partial charge in [0.15, 0.2) is 0 Å². The number of hydrogen-bond acceptors (Lipinski definition) is 4. The van der Waals surface area contributed by atoms with Crippen LogP contribution in [0.25, 0.3) is 0 Å². The maximum Gasteiger partial charge on any atom is 0.407 e. The molecule has 22 heavy (non-hydrogen) atoms. The Bertz CT molecular complexity index is 491. The molecule has 1 aromatic rings. The molecule has 1 amide bonds. The molecule has 1 aromatic heterocycles. The lowest BCUT2D eigenvalue weighted by Gasteiger charge is -2.19. The smallest absolute Gasteiger partial charge is 0.407 e. The fourth-order valence-electron chi connectivity index (χ4n) is 1.92. The van der Waals surface area contributed by atoms with Gasteiger partial charge in [0.1, 0.15) is 11.4 Å². The molecule has 7 heteroatoms. The van der Waals surface area contributed by atoms with Gasteiger partial charge >= 0.3 is 12.1 Å². The Balaban J connectivity index is 2.26. The van der Waals surface area contributed by atoms with Crippen LogP contribution in [0.4, 0.5) is 4.79 Å². The number of carboxylic acids is 1. The van der Waals surface area contributed by atoms with Crippen molar-refractivity contribution in [2.75, 3.05) is 6.54 Å². The summed E-state index contributed by atoms with van der Waals surface area (Å²) in [5, 5.41) is 11.3. The SMILES string of the molecule is CC(C)(C)OC(=O)NCCCn1ccnc1CCCC(=O)O. The van der Waals surface area contributed by atoms with Gasteiger partial charge in [0, 0.05) is 38.3 Å². The number of carbonyl (C=O) groups is 2. The number of imidazole rings is 1. The molecule has 0 saturated carbocycles.